The highest BCUT2D eigenvalue weighted by atomic mass is 32.1. The summed E-state index contributed by atoms with van der Waals surface area (Å²) in [5, 5.41) is 15.2. The molecule has 55 heavy (non-hydrogen) atoms. The summed E-state index contributed by atoms with van der Waals surface area (Å²) in [6.45, 7) is 0. The van der Waals surface area contributed by atoms with Crippen molar-refractivity contribution in [2.75, 3.05) is 0 Å². The molecular weight excluding hydrogens is 691 g/mol. The van der Waals surface area contributed by atoms with Crippen LogP contribution in [0.4, 0.5) is 0 Å². The van der Waals surface area contributed by atoms with Crippen LogP contribution >= 0.6 is 11.3 Å². The number of para-hydroxylation sites is 2. The molecule has 0 unspecified atom stereocenters. The fourth-order valence-electron chi connectivity index (χ4n) is 9.26. The highest BCUT2D eigenvalue weighted by Gasteiger charge is 2.26. The van der Waals surface area contributed by atoms with Gasteiger partial charge in [0.25, 0.3) is 0 Å². The van der Waals surface area contributed by atoms with E-state index in [4.69, 9.17) is 14.4 Å². The van der Waals surface area contributed by atoms with Crippen molar-refractivity contribution in [3.63, 3.8) is 0 Å². The number of hydrogen-bond donors (Lipinski definition) is 0. The molecular formula is C50H27N3OS. The van der Waals surface area contributed by atoms with E-state index in [0.29, 0.717) is 5.95 Å². The minimum Gasteiger partial charge on any atom is -0.454 e. The molecule has 0 saturated carbocycles. The van der Waals surface area contributed by atoms with Crippen LogP contribution in [0.2, 0.25) is 0 Å². The molecule has 0 N–H and O–H groups in total. The lowest BCUT2D eigenvalue weighted by molar-refractivity contribution is 0.671. The van der Waals surface area contributed by atoms with E-state index in [1.807, 2.05) is 17.4 Å². The quantitative estimate of drug-likeness (QED) is 0.179. The molecule has 0 aliphatic carbocycles. The fourth-order valence-corrected chi connectivity index (χ4v) is 10.5. The third kappa shape index (κ3) is 3.89. The average molecular weight is 718 g/mol. The minimum atomic E-state index is 0.616. The maximum absolute atomic E-state index is 6.93. The minimum absolute atomic E-state index is 0.616. The monoisotopic (exact) mass is 717 g/mol. The lowest BCUT2D eigenvalue weighted by Crippen LogP contribution is -2.04. The second-order valence-electron chi connectivity index (χ2n) is 14.4. The van der Waals surface area contributed by atoms with E-state index in [-0.39, 0.29) is 0 Å². The van der Waals surface area contributed by atoms with Crippen LogP contribution in [0, 0.1) is 0 Å². The third-order valence-electron chi connectivity index (χ3n) is 11.6. The second-order valence-corrected chi connectivity index (χ2v) is 15.5. The molecule has 5 heteroatoms. The fraction of sp³-hybridized carbons (Fsp3) is 0. The number of aromatic nitrogens is 3. The van der Waals surface area contributed by atoms with Crippen molar-refractivity contribution < 1.29 is 4.42 Å². The lowest BCUT2D eigenvalue weighted by Gasteiger charge is -2.13. The van der Waals surface area contributed by atoms with Gasteiger partial charge in [0.1, 0.15) is 11.1 Å². The van der Waals surface area contributed by atoms with Crippen LogP contribution in [0.3, 0.4) is 0 Å². The molecule has 0 amide bonds. The van der Waals surface area contributed by atoms with Gasteiger partial charge < -0.3 is 4.42 Å². The molecule has 0 aliphatic heterocycles. The Balaban J connectivity index is 1.23. The van der Waals surface area contributed by atoms with Gasteiger partial charge in [0.2, 0.25) is 5.95 Å². The molecule has 4 heterocycles. The van der Waals surface area contributed by atoms with Crippen LogP contribution < -0.4 is 0 Å². The van der Waals surface area contributed by atoms with Gasteiger partial charge in [-0.1, -0.05) is 146 Å². The molecule has 254 valence electrons. The van der Waals surface area contributed by atoms with Crippen molar-refractivity contribution in [2.45, 2.75) is 0 Å². The number of thiophene rings is 1. The van der Waals surface area contributed by atoms with E-state index in [2.05, 4.69) is 162 Å². The number of rotatable bonds is 2. The average Bonchev–Trinajstić information content (AvgIpc) is 3.94. The summed E-state index contributed by atoms with van der Waals surface area (Å²) in [5.74, 6) is 0.616. The molecule has 0 fully saturated rings. The molecule has 13 aromatic rings. The zero-order valence-electron chi connectivity index (χ0n) is 29.2. The molecule has 4 aromatic heterocycles. The maximum Gasteiger partial charge on any atom is 0.235 e. The van der Waals surface area contributed by atoms with Gasteiger partial charge in [0.05, 0.1) is 16.7 Å². The van der Waals surface area contributed by atoms with Gasteiger partial charge in [-0.25, -0.2) is 9.97 Å². The standard InChI is InChI=1S/C50H27N3OS/c1-3-14-30-28(12-1)25-27-41-42(30)37-20-11-21-38(49(37)55-41)45-34-18-7-9-22-39(34)51-50(52-45)53-46-31-15-4-2-13-29(31)24-26-36(46)43-32-16-5-6-17-33(32)44-35-19-8-10-23-40(35)54-48(44)47(43)53/h1-27H. The first-order valence-electron chi connectivity index (χ1n) is 18.6. The number of furan rings is 1. The largest absolute Gasteiger partial charge is 0.454 e. The molecule has 0 spiro atoms. The Bertz CT molecular complexity index is 3790. The summed E-state index contributed by atoms with van der Waals surface area (Å²) in [4.78, 5) is 11.1. The highest BCUT2D eigenvalue weighted by molar-refractivity contribution is 7.26. The van der Waals surface area contributed by atoms with Gasteiger partial charge in [-0.3, -0.25) is 4.57 Å². The van der Waals surface area contributed by atoms with Crippen molar-refractivity contribution in [3.05, 3.63) is 164 Å². The summed E-state index contributed by atoms with van der Waals surface area (Å²) in [6, 6.07) is 58.5. The van der Waals surface area contributed by atoms with Crippen LogP contribution in [0.15, 0.2) is 168 Å². The van der Waals surface area contributed by atoms with Crippen molar-refractivity contribution in [2.24, 2.45) is 0 Å². The van der Waals surface area contributed by atoms with E-state index < -0.39 is 0 Å². The van der Waals surface area contributed by atoms with Crippen LogP contribution in [0.1, 0.15) is 0 Å². The number of nitrogens with zero attached hydrogens (tertiary/aromatic N) is 3. The molecule has 0 atom stereocenters. The number of benzene rings is 9. The van der Waals surface area contributed by atoms with Gasteiger partial charge in [0.15, 0.2) is 5.58 Å². The Morgan fingerprint density at radius 3 is 1.95 bits per heavy atom. The van der Waals surface area contributed by atoms with Crippen LogP contribution in [0.5, 0.6) is 0 Å². The Kier molecular flexibility index (Phi) is 5.74. The molecule has 0 radical (unpaired) electrons. The van der Waals surface area contributed by atoms with E-state index in [0.717, 1.165) is 76.7 Å². The van der Waals surface area contributed by atoms with Crippen molar-refractivity contribution >= 4 is 118 Å². The van der Waals surface area contributed by atoms with Gasteiger partial charge in [-0.2, -0.15) is 0 Å². The Hall–Kier alpha value is -7.08. The Morgan fingerprint density at radius 1 is 0.436 bits per heavy atom. The molecule has 9 aromatic carbocycles. The van der Waals surface area contributed by atoms with E-state index in [1.54, 1.807) is 0 Å². The first-order chi connectivity index (χ1) is 27.3. The van der Waals surface area contributed by atoms with Gasteiger partial charge in [-0.15, -0.1) is 11.3 Å². The number of hydrogen-bond acceptors (Lipinski definition) is 4. The van der Waals surface area contributed by atoms with Gasteiger partial charge in [0, 0.05) is 58.1 Å². The van der Waals surface area contributed by atoms with Crippen LogP contribution in [-0.2, 0) is 0 Å². The first kappa shape index (κ1) is 29.4. The summed E-state index contributed by atoms with van der Waals surface area (Å²) in [5.41, 5.74) is 6.66. The normalized spacial score (nSPS) is 12.4. The molecule has 4 nitrogen and oxygen atoms in total. The highest BCUT2D eigenvalue weighted by Crippen LogP contribution is 2.48. The van der Waals surface area contributed by atoms with Crippen molar-refractivity contribution in [3.8, 4) is 17.2 Å². The summed E-state index contributed by atoms with van der Waals surface area (Å²) in [7, 11) is 0. The first-order valence-corrected chi connectivity index (χ1v) is 19.4. The predicted molar refractivity (Wildman–Crippen MR) is 232 cm³/mol. The lowest BCUT2D eigenvalue weighted by atomic mass is 9.98. The Labute approximate surface area is 317 Å². The van der Waals surface area contributed by atoms with Crippen LogP contribution in [0.25, 0.3) is 124 Å². The third-order valence-corrected chi connectivity index (χ3v) is 12.8. The molecule has 0 aliphatic rings. The summed E-state index contributed by atoms with van der Waals surface area (Å²) < 4.78 is 11.7. The van der Waals surface area contributed by atoms with Crippen molar-refractivity contribution in [1.82, 2.24) is 14.5 Å². The molecule has 0 saturated heterocycles. The predicted octanol–water partition coefficient (Wildman–Crippen LogP) is 14.1. The van der Waals surface area contributed by atoms with Crippen molar-refractivity contribution in [1.29, 1.82) is 0 Å². The van der Waals surface area contributed by atoms with Gasteiger partial charge in [-0.05, 0) is 45.1 Å². The topological polar surface area (TPSA) is 43.9 Å². The Morgan fingerprint density at radius 2 is 1.09 bits per heavy atom. The molecule has 0 bridgehead atoms. The second kappa shape index (κ2) is 10.8. The smallest absolute Gasteiger partial charge is 0.235 e. The summed E-state index contributed by atoms with van der Waals surface area (Å²) >= 11 is 1.84. The van der Waals surface area contributed by atoms with E-state index >= 15 is 0 Å². The van der Waals surface area contributed by atoms with E-state index in [9.17, 15) is 0 Å². The zero-order chi connectivity index (χ0) is 35.8. The van der Waals surface area contributed by atoms with Gasteiger partial charge >= 0.3 is 0 Å². The summed E-state index contributed by atoms with van der Waals surface area (Å²) in [6.07, 6.45) is 0. The number of fused-ring (bicyclic) bond motifs is 18. The SMILES string of the molecule is c1ccc2c(c1)ccc1sc3c(-c4nc(-n5c6c7ccccc7ccc6c6c7ccccc7c7c8ccccc8oc7c65)nc5ccccc45)cccc3c12. The maximum atomic E-state index is 6.93. The zero-order valence-corrected chi connectivity index (χ0v) is 30.1. The van der Waals surface area contributed by atoms with E-state index in [1.165, 1.54) is 41.7 Å². The molecule has 13 rings (SSSR count). The van der Waals surface area contributed by atoms with Crippen LogP contribution in [-0.4, -0.2) is 14.5 Å².